The highest BCUT2D eigenvalue weighted by molar-refractivity contribution is 5.79. The first-order chi connectivity index (χ1) is 9.29. The second-order valence-corrected chi connectivity index (χ2v) is 4.09. The highest BCUT2D eigenvalue weighted by Gasteiger charge is 2.07. The number of rotatable bonds is 5. The Hall–Kier alpha value is -2.31. The largest absolute Gasteiger partial charge is 0.364 e. The van der Waals surface area contributed by atoms with Crippen LogP contribution in [0, 0.1) is 0 Å². The lowest BCUT2D eigenvalue weighted by Crippen LogP contribution is -2.39. The van der Waals surface area contributed by atoms with Crippen LogP contribution in [0.3, 0.4) is 0 Å². The van der Waals surface area contributed by atoms with Crippen molar-refractivity contribution in [1.29, 1.82) is 0 Å². The summed E-state index contributed by atoms with van der Waals surface area (Å²) >= 11 is 0. The molecule has 0 amide bonds. The van der Waals surface area contributed by atoms with Crippen LogP contribution in [0.25, 0.3) is 0 Å². The van der Waals surface area contributed by atoms with Crippen molar-refractivity contribution >= 4 is 5.96 Å². The van der Waals surface area contributed by atoms with Gasteiger partial charge in [-0.2, -0.15) is 5.10 Å². The van der Waals surface area contributed by atoms with Gasteiger partial charge in [0.05, 0.1) is 13.1 Å². The molecule has 0 atom stereocenters. The second-order valence-electron chi connectivity index (χ2n) is 4.09. The average molecular weight is 262 g/mol. The predicted octanol–water partition coefficient (Wildman–Crippen LogP) is 0.578. The zero-order chi connectivity index (χ0) is 13.5. The van der Waals surface area contributed by atoms with E-state index in [0.717, 1.165) is 24.7 Å². The maximum Gasteiger partial charge on any atom is 0.193 e. The van der Waals surface area contributed by atoms with Crippen LogP contribution in [-0.2, 0) is 13.1 Å². The Labute approximate surface area is 111 Å². The Kier molecular flexibility index (Phi) is 4.54. The molecule has 0 saturated carbocycles. The Bertz CT molecular complexity index is 490. The lowest BCUT2D eigenvalue weighted by molar-refractivity contribution is 0.390. The highest BCUT2D eigenvalue weighted by Crippen LogP contribution is 1.99. The fourth-order valence-electron chi connectivity index (χ4n) is 1.74. The van der Waals surface area contributed by atoms with Crippen molar-refractivity contribution in [3.05, 3.63) is 36.5 Å². The Balaban J connectivity index is 1.79. The van der Waals surface area contributed by atoms with Crippen molar-refractivity contribution in [2.24, 2.45) is 4.99 Å². The Morgan fingerprint density at radius 3 is 3.11 bits per heavy atom. The van der Waals surface area contributed by atoms with Crippen molar-refractivity contribution in [3.63, 3.8) is 0 Å². The summed E-state index contributed by atoms with van der Waals surface area (Å²) in [5.74, 6) is 0.815. The third kappa shape index (κ3) is 3.84. The van der Waals surface area contributed by atoms with Crippen LogP contribution in [-0.4, -0.2) is 46.4 Å². The van der Waals surface area contributed by atoms with Gasteiger partial charge in [0.2, 0.25) is 0 Å². The zero-order valence-electron chi connectivity index (χ0n) is 11.2. The van der Waals surface area contributed by atoms with Crippen LogP contribution in [0.5, 0.6) is 0 Å². The summed E-state index contributed by atoms with van der Waals surface area (Å²) in [6.07, 6.45) is 5.27. The van der Waals surface area contributed by atoms with E-state index in [9.17, 15) is 0 Å². The van der Waals surface area contributed by atoms with Crippen LogP contribution in [0.2, 0.25) is 0 Å². The molecule has 0 saturated heterocycles. The summed E-state index contributed by atoms with van der Waals surface area (Å²) in [5.41, 5.74) is 0.873. The molecular weight excluding hydrogens is 244 g/mol. The van der Waals surface area contributed by atoms with Gasteiger partial charge in [-0.1, -0.05) is 5.16 Å². The number of aliphatic imine (C=N–C) groups is 1. The van der Waals surface area contributed by atoms with Gasteiger partial charge in [-0.25, -0.2) is 0 Å². The van der Waals surface area contributed by atoms with E-state index < -0.39 is 0 Å². The fraction of sp³-hybridized carbons (Fsp3) is 0.417. The molecule has 0 aliphatic carbocycles. The first-order valence-electron chi connectivity index (χ1n) is 6.08. The molecule has 2 aromatic rings. The van der Waals surface area contributed by atoms with Gasteiger partial charge in [-0.15, -0.1) is 0 Å². The first kappa shape index (κ1) is 13.1. The predicted molar refractivity (Wildman–Crippen MR) is 71.6 cm³/mol. The Morgan fingerprint density at radius 2 is 2.47 bits per heavy atom. The molecular formula is C12H18N6O. The van der Waals surface area contributed by atoms with E-state index in [0.29, 0.717) is 6.54 Å². The number of hydrogen-bond donors (Lipinski definition) is 1. The SMILES string of the molecule is CN=C(NCCn1cccn1)N(C)Cc1ccon1. The van der Waals surface area contributed by atoms with Crippen LogP contribution >= 0.6 is 0 Å². The van der Waals surface area contributed by atoms with Gasteiger partial charge in [0.1, 0.15) is 12.0 Å². The van der Waals surface area contributed by atoms with Crippen LogP contribution < -0.4 is 5.32 Å². The van der Waals surface area contributed by atoms with E-state index in [1.807, 2.05) is 35.0 Å². The topological polar surface area (TPSA) is 71.5 Å². The van der Waals surface area contributed by atoms with Crippen molar-refractivity contribution in [2.45, 2.75) is 13.1 Å². The third-order valence-electron chi connectivity index (χ3n) is 2.65. The molecule has 0 fully saturated rings. The molecule has 0 aromatic carbocycles. The minimum absolute atomic E-state index is 0.651. The molecule has 0 aliphatic heterocycles. The van der Waals surface area contributed by atoms with E-state index in [2.05, 4.69) is 20.6 Å². The summed E-state index contributed by atoms with van der Waals surface area (Å²) in [6.45, 7) is 2.21. The summed E-state index contributed by atoms with van der Waals surface area (Å²) in [6, 6.07) is 3.75. The van der Waals surface area contributed by atoms with Crippen molar-refractivity contribution in [3.8, 4) is 0 Å². The van der Waals surface area contributed by atoms with Gasteiger partial charge in [0.15, 0.2) is 5.96 Å². The molecule has 0 radical (unpaired) electrons. The normalized spacial score (nSPS) is 11.6. The van der Waals surface area contributed by atoms with E-state index in [-0.39, 0.29) is 0 Å². The molecule has 0 spiro atoms. The van der Waals surface area contributed by atoms with Gasteiger partial charge in [-0.3, -0.25) is 9.67 Å². The summed E-state index contributed by atoms with van der Waals surface area (Å²) in [7, 11) is 3.72. The maximum atomic E-state index is 4.81. The quantitative estimate of drug-likeness (QED) is 0.630. The molecule has 2 rings (SSSR count). The standard InChI is InChI=1S/C12H18N6O/c1-13-12(14-6-8-18-7-3-5-15-18)17(2)10-11-4-9-19-16-11/h3-5,7,9H,6,8,10H2,1-2H3,(H,13,14). The minimum Gasteiger partial charge on any atom is -0.364 e. The molecule has 7 heteroatoms. The van der Waals surface area contributed by atoms with E-state index in [4.69, 9.17) is 4.52 Å². The molecule has 1 N–H and O–H groups in total. The lowest BCUT2D eigenvalue weighted by atomic mass is 10.4. The first-order valence-corrected chi connectivity index (χ1v) is 6.08. The molecule has 0 aliphatic rings. The molecule has 2 heterocycles. The van der Waals surface area contributed by atoms with Gasteiger partial charge in [0.25, 0.3) is 0 Å². The van der Waals surface area contributed by atoms with Crippen LogP contribution in [0.1, 0.15) is 5.69 Å². The Morgan fingerprint density at radius 1 is 1.58 bits per heavy atom. The van der Waals surface area contributed by atoms with Crippen molar-refractivity contribution in [1.82, 2.24) is 25.2 Å². The zero-order valence-corrected chi connectivity index (χ0v) is 11.2. The molecule has 0 unspecified atom stereocenters. The van der Waals surface area contributed by atoms with E-state index >= 15 is 0 Å². The van der Waals surface area contributed by atoms with Gasteiger partial charge in [-0.05, 0) is 6.07 Å². The fourth-order valence-corrected chi connectivity index (χ4v) is 1.74. The minimum atomic E-state index is 0.651. The van der Waals surface area contributed by atoms with Crippen molar-refractivity contribution in [2.75, 3.05) is 20.6 Å². The van der Waals surface area contributed by atoms with E-state index in [1.54, 1.807) is 19.5 Å². The lowest BCUT2D eigenvalue weighted by Gasteiger charge is -2.20. The maximum absolute atomic E-state index is 4.81. The number of hydrogen-bond acceptors (Lipinski definition) is 4. The summed E-state index contributed by atoms with van der Waals surface area (Å²) < 4.78 is 6.68. The van der Waals surface area contributed by atoms with Crippen LogP contribution in [0.4, 0.5) is 0 Å². The summed E-state index contributed by atoms with van der Waals surface area (Å²) in [4.78, 5) is 6.22. The van der Waals surface area contributed by atoms with Gasteiger partial charge >= 0.3 is 0 Å². The third-order valence-corrected chi connectivity index (χ3v) is 2.65. The molecule has 0 bridgehead atoms. The highest BCUT2D eigenvalue weighted by atomic mass is 16.5. The number of aromatic nitrogens is 3. The molecule has 2 aromatic heterocycles. The number of nitrogens with one attached hydrogen (secondary N) is 1. The van der Waals surface area contributed by atoms with Crippen molar-refractivity contribution < 1.29 is 4.52 Å². The van der Waals surface area contributed by atoms with Crippen LogP contribution in [0.15, 0.2) is 40.3 Å². The summed E-state index contributed by atoms with van der Waals surface area (Å²) in [5, 5.41) is 11.3. The van der Waals surface area contributed by atoms with Gasteiger partial charge < -0.3 is 14.7 Å². The second kappa shape index (κ2) is 6.58. The number of guanidine groups is 1. The van der Waals surface area contributed by atoms with Gasteiger partial charge in [0, 0.05) is 39.1 Å². The van der Waals surface area contributed by atoms with E-state index in [1.165, 1.54) is 0 Å². The molecule has 19 heavy (non-hydrogen) atoms. The average Bonchev–Trinajstić information content (AvgIpc) is 3.07. The monoisotopic (exact) mass is 262 g/mol. The molecule has 7 nitrogen and oxygen atoms in total. The molecule has 102 valence electrons. The smallest absolute Gasteiger partial charge is 0.193 e. The number of nitrogens with zero attached hydrogens (tertiary/aromatic N) is 5.